The van der Waals surface area contributed by atoms with Crippen molar-refractivity contribution in [3.8, 4) is 17.1 Å². The smallest absolute Gasteiger partial charge is 0.493 e. The molecule has 1 heterocycles. The Morgan fingerprint density at radius 3 is 2.26 bits per heavy atom. The van der Waals surface area contributed by atoms with E-state index in [9.17, 15) is 31.1 Å². The Morgan fingerprint density at radius 2 is 1.62 bits per heavy atom. The quantitative estimate of drug-likeness (QED) is 0.0506. The number of alkyl halides is 6. The number of hydrogen-bond donors (Lipinski definition) is 0. The zero-order chi connectivity index (χ0) is 31.0. The van der Waals surface area contributed by atoms with Gasteiger partial charge in [0, 0.05) is 23.1 Å². The van der Waals surface area contributed by atoms with Gasteiger partial charge in [0.1, 0.15) is 17.1 Å². The van der Waals surface area contributed by atoms with Crippen LogP contribution in [0.5, 0.6) is 5.75 Å². The molecule has 0 aliphatic carbocycles. The number of rotatable bonds is 17. The van der Waals surface area contributed by atoms with Crippen LogP contribution in [0.25, 0.3) is 22.3 Å². The fourth-order valence-electron chi connectivity index (χ4n) is 4.06. The molecule has 0 unspecified atom stereocenters. The molecule has 0 amide bonds. The molecule has 0 bridgehead atoms. The molecule has 0 aliphatic heterocycles. The molecule has 42 heavy (non-hydrogen) atoms. The molecule has 0 saturated heterocycles. The van der Waals surface area contributed by atoms with Crippen molar-refractivity contribution in [2.45, 2.75) is 70.9 Å². The first-order chi connectivity index (χ1) is 19.7. The first kappa shape index (κ1) is 33.0. The Bertz CT molecular complexity index is 1350. The first-order valence-corrected chi connectivity index (χ1v) is 13.3. The van der Waals surface area contributed by atoms with E-state index in [0.717, 1.165) is 42.2 Å². The van der Waals surface area contributed by atoms with Crippen LogP contribution in [0, 0.1) is 6.92 Å². The molecule has 3 rings (SSSR count). The molecule has 0 aliphatic rings. The summed E-state index contributed by atoms with van der Waals surface area (Å²) in [6.45, 7) is 5.34. The van der Waals surface area contributed by atoms with Crippen LogP contribution >= 0.6 is 0 Å². The molecule has 0 radical (unpaired) electrons. The third kappa shape index (κ3) is 10.1. The lowest BCUT2D eigenvalue weighted by molar-refractivity contribution is -0.514. The van der Waals surface area contributed by atoms with Gasteiger partial charge in [0.15, 0.2) is 0 Å². The van der Waals surface area contributed by atoms with Crippen molar-refractivity contribution in [1.82, 2.24) is 0 Å². The lowest BCUT2D eigenvalue weighted by atomic mass is 10.00. The number of carbonyl (C=O) groups is 1. The van der Waals surface area contributed by atoms with E-state index < -0.39 is 50.5 Å². The minimum atomic E-state index is -5.36. The number of carbonyl (C=O) groups excluding carboxylic acids is 1. The highest BCUT2D eigenvalue weighted by Gasteiger charge is 2.52. The van der Waals surface area contributed by atoms with Gasteiger partial charge in [-0.05, 0) is 49.1 Å². The van der Waals surface area contributed by atoms with Crippen LogP contribution in [-0.2, 0) is 25.4 Å². The number of esters is 1. The second kappa shape index (κ2) is 14.1. The summed E-state index contributed by atoms with van der Waals surface area (Å²) in [5.41, 5.74) is 3.59. The van der Waals surface area contributed by atoms with E-state index in [1.165, 1.54) is 17.7 Å². The molecule has 0 atom stereocenters. The van der Waals surface area contributed by atoms with Crippen molar-refractivity contribution in [2.24, 2.45) is 0 Å². The summed E-state index contributed by atoms with van der Waals surface area (Å²) >= 11 is 0. The second-order valence-corrected chi connectivity index (χ2v) is 9.58. The van der Waals surface area contributed by atoms with Crippen LogP contribution in [0.2, 0.25) is 0 Å². The zero-order valence-corrected chi connectivity index (χ0v) is 23.2. The Kier molecular flexibility index (Phi) is 11.1. The molecule has 0 spiro atoms. The Hall–Kier alpha value is -3.51. The molecule has 1 aromatic heterocycles. The van der Waals surface area contributed by atoms with E-state index in [0.29, 0.717) is 17.4 Å². The number of fused-ring (bicyclic) bond motifs is 1. The average Bonchev–Trinajstić information content (AvgIpc) is 3.30. The van der Waals surface area contributed by atoms with Crippen LogP contribution in [0.3, 0.4) is 0 Å². The first-order valence-electron chi connectivity index (χ1n) is 13.3. The zero-order valence-electron chi connectivity index (χ0n) is 23.2. The fourth-order valence-corrected chi connectivity index (χ4v) is 4.06. The third-order valence-corrected chi connectivity index (χ3v) is 6.12. The normalized spacial score (nSPS) is 12.5. The maximum absolute atomic E-state index is 14.0. The average molecular weight is 603 g/mol. The van der Waals surface area contributed by atoms with E-state index in [2.05, 4.69) is 39.8 Å². The van der Waals surface area contributed by atoms with Crippen LogP contribution in [0.4, 0.5) is 26.3 Å². The molecule has 0 fully saturated rings. The van der Waals surface area contributed by atoms with Crippen molar-refractivity contribution in [3.63, 3.8) is 0 Å². The maximum Gasteiger partial charge on any atom is 0.494 e. The Labute approximate surface area is 239 Å². The van der Waals surface area contributed by atoms with E-state index in [4.69, 9.17) is 9.15 Å². The van der Waals surface area contributed by atoms with Gasteiger partial charge in [-0.2, -0.15) is 17.6 Å². The number of hydrogen-bond acceptors (Lipinski definition) is 6. The number of ether oxygens (including phenoxy) is 4. The van der Waals surface area contributed by atoms with E-state index >= 15 is 0 Å². The molecule has 0 saturated carbocycles. The van der Waals surface area contributed by atoms with Crippen molar-refractivity contribution in [3.05, 3.63) is 66.2 Å². The second-order valence-electron chi connectivity index (χ2n) is 9.58. The van der Waals surface area contributed by atoms with Gasteiger partial charge >= 0.3 is 24.5 Å². The van der Waals surface area contributed by atoms with Gasteiger partial charge in [-0.3, -0.25) is 0 Å². The minimum Gasteiger partial charge on any atom is -0.493 e. The molecular formula is C30H32F6O6. The van der Waals surface area contributed by atoms with Gasteiger partial charge in [-0.25, -0.2) is 14.3 Å². The predicted octanol–water partition coefficient (Wildman–Crippen LogP) is 8.80. The standard InChI is InChI=1S/C30H32F6O6/c1-4-6-7-8-21-9-12-24(20(3)17-21)26-18-22-10-11-23(19-25(22)40-26)38-15-13-28(31,32)41-30(35,36)42-29(33,34)14-16-39-27(37)5-2/h5,9-12,17-19H,2,4,6-8,13-16H2,1,3H3. The van der Waals surface area contributed by atoms with Gasteiger partial charge in [-0.1, -0.05) is 44.5 Å². The molecule has 12 heteroatoms. The summed E-state index contributed by atoms with van der Waals surface area (Å²) in [4.78, 5) is 10.8. The summed E-state index contributed by atoms with van der Waals surface area (Å²) in [6.07, 6.45) is -12.4. The summed E-state index contributed by atoms with van der Waals surface area (Å²) in [5, 5.41) is 0.731. The minimum absolute atomic E-state index is 0.116. The van der Waals surface area contributed by atoms with Gasteiger partial charge in [-0.15, -0.1) is 8.78 Å². The van der Waals surface area contributed by atoms with Crippen LogP contribution in [-0.4, -0.2) is 37.7 Å². The fraction of sp³-hybridized carbons (Fsp3) is 0.433. The highest BCUT2D eigenvalue weighted by molar-refractivity contribution is 5.84. The van der Waals surface area contributed by atoms with Gasteiger partial charge < -0.3 is 13.9 Å². The van der Waals surface area contributed by atoms with Crippen LogP contribution in [0.15, 0.2) is 59.5 Å². The highest BCUT2D eigenvalue weighted by atomic mass is 19.3. The van der Waals surface area contributed by atoms with Crippen molar-refractivity contribution >= 4 is 16.9 Å². The molecule has 230 valence electrons. The maximum atomic E-state index is 14.0. The summed E-state index contributed by atoms with van der Waals surface area (Å²) < 4.78 is 104. The van der Waals surface area contributed by atoms with Gasteiger partial charge in [0.2, 0.25) is 0 Å². The monoisotopic (exact) mass is 602 g/mol. The Balaban J connectivity index is 1.55. The highest BCUT2D eigenvalue weighted by Crippen LogP contribution is 2.37. The Morgan fingerprint density at radius 1 is 0.929 bits per heavy atom. The summed E-state index contributed by atoms with van der Waals surface area (Å²) in [7, 11) is 0. The number of aryl methyl sites for hydroxylation is 2. The number of benzene rings is 2. The topological polar surface area (TPSA) is 67.1 Å². The van der Waals surface area contributed by atoms with Crippen LogP contribution in [0.1, 0.15) is 50.2 Å². The van der Waals surface area contributed by atoms with Crippen molar-refractivity contribution in [2.75, 3.05) is 13.2 Å². The molecule has 6 nitrogen and oxygen atoms in total. The number of unbranched alkanes of at least 4 members (excludes halogenated alkanes) is 2. The van der Waals surface area contributed by atoms with Gasteiger partial charge in [0.05, 0.1) is 26.1 Å². The molecule has 2 aromatic carbocycles. The van der Waals surface area contributed by atoms with Crippen LogP contribution < -0.4 is 4.74 Å². The SMILES string of the molecule is C=CC(=O)OCCC(F)(F)OC(F)(F)OC(F)(F)CCOc1ccc2cc(-c3ccc(CCCCC)cc3C)oc2c1. The molecule has 3 aromatic rings. The number of halogens is 6. The summed E-state index contributed by atoms with van der Waals surface area (Å²) in [5.74, 6) is -0.353. The molecule has 0 N–H and O–H groups in total. The van der Waals surface area contributed by atoms with E-state index in [1.54, 1.807) is 6.07 Å². The third-order valence-electron chi connectivity index (χ3n) is 6.12. The van der Waals surface area contributed by atoms with Crippen molar-refractivity contribution in [1.29, 1.82) is 0 Å². The van der Waals surface area contributed by atoms with Gasteiger partial charge in [0.25, 0.3) is 0 Å². The van der Waals surface area contributed by atoms with Crippen molar-refractivity contribution < 1.29 is 54.5 Å². The van der Waals surface area contributed by atoms with E-state index in [-0.39, 0.29) is 5.75 Å². The molecular weight excluding hydrogens is 570 g/mol. The predicted molar refractivity (Wildman–Crippen MR) is 143 cm³/mol. The number of furan rings is 1. The largest absolute Gasteiger partial charge is 0.494 e. The summed E-state index contributed by atoms with van der Waals surface area (Å²) in [6, 6.07) is 12.6. The lowest BCUT2D eigenvalue weighted by Gasteiger charge is -2.26. The lowest BCUT2D eigenvalue weighted by Crippen LogP contribution is -2.41. The van der Waals surface area contributed by atoms with E-state index in [1.807, 2.05) is 19.1 Å².